The maximum atomic E-state index is 10.7. The number of hydrogen-bond donors (Lipinski definition) is 4. The number of azo groups is 1. The summed E-state index contributed by atoms with van der Waals surface area (Å²) in [5.74, 6) is 0.270. The lowest BCUT2D eigenvalue weighted by atomic mass is 9.96. The van der Waals surface area contributed by atoms with Crippen LogP contribution in [0.15, 0.2) is 35.0 Å². The summed E-state index contributed by atoms with van der Waals surface area (Å²) in [4.78, 5) is 8.29. The number of aromatic nitrogens is 3. The van der Waals surface area contributed by atoms with Crippen LogP contribution in [0, 0.1) is 0 Å². The molecule has 10 nitrogen and oxygen atoms in total. The van der Waals surface area contributed by atoms with E-state index in [-0.39, 0.29) is 11.9 Å². The highest BCUT2D eigenvalue weighted by Gasteiger charge is 2.53. The van der Waals surface area contributed by atoms with E-state index in [9.17, 15) is 15.3 Å². The number of aliphatic hydroxyl groups is 3. The van der Waals surface area contributed by atoms with Gasteiger partial charge in [0.05, 0.1) is 12.0 Å². The molecule has 5 atom stereocenters. The molecule has 2 aromatic rings. The number of nitrogens with two attached hydrogens (primary N) is 1. The van der Waals surface area contributed by atoms with Crippen LogP contribution in [0.2, 0.25) is 0 Å². The van der Waals surface area contributed by atoms with Gasteiger partial charge in [0.15, 0.2) is 6.23 Å². The van der Waals surface area contributed by atoms with Gasteiger partial charge in [-0.25, -0.2) is 9.97 Å². The van der Waals surface area contributed by atoms with Gasteiger partial charge < -0.3 is 30.4 Å². The Hall–Kier alpha value is -2.40. The molecule has 0 aliphatic carbocycles. The lowest BCUT2D eigenvalue weighted by molar-refractivity contribution is -0.0948. The van der Waals surface area contributed by atoms with Crippen molar-refractivity contribution < 1.29 is 20.1 Å². The van der Waals surface area contributed by atoms with E-state index in [1.165, 1.54) is 13.3 Å². The molecule has 4 rings (SSSR count). The third-order valence-corrected chi connectivity index (χ3v) is 4.70. The average Bonchev–Trinajstić information content (AvgIpc) is 3.27. The molecule has 10 heteroatoms. The van der Waals surface area contributed by atoms with Crippen molar-refractivity contribution in [3.8, 4) is 0 Å². The van der Waals surface area contributed by atoms with Crippen LogP contribution in [-0.2, 0) is 4.74 Å². The summed E-state index contributed by atoms with van der Waals surface area (Å²) in [6.45, 7) is 1.03. The standard InChI is InChI=1S/C15H18N6O4/c1-15(24)11(23)9(5-22)25-14(15)21-4-7(8-2-3-19-20-8)10-12(16)17-6-18-13(10)21/h2-4,6,8-9,11,14,22-24H,5H2,1H3,(H2,16,17,18)/t8?,9-,11-,14-,15-/m1/s1. The van der Waals surface area contributed by atoms with Crippen molar-refractivity contribution in [1.29, 1.82) is 0 Å². The van der Waals surface area contributed by atoms with Gasteiger partial charge in [0, 0.05) is 18.0 Å². The molecule has 25 heavy (non-hydrogen) atoms. The molecule has 0 saturated carbocycles. The fraction of sp³-hybridized carbons (Fsp3) is 0.467. The van der Waals surface area contributed by atoms with Gasteiger partial charge in [0.2, 0.25) is 0 Å². The second-order valence-corrected chi connectivity index (χ2v) is 6.35. The Labute approximate surface area is 142 Å². The highest BCUT2D eigenvalue weighted by molar-refractivity contribution is 5.90. The zero-order valence-corrected chi connectivity index (χ0v) is 13.4. The van der Waals surface area contributed by atoms with E-state index in [0.29, 0.717) is 16.6 Å². The van der Waals surface area contributed by atoms with Crippen molar-refractivity contribution >= 4 is 16.9 Å². The summed E-state index contributed by atoms with van der Waals surface area (Å²) in [5, 5.41) is 38.9. The Kier molecular flexibility index (Phi) is 3.58. The van der Waals surface area contributed by atoms with E-state index in [1.807, 2.05) is 0 Å². The molecule has 5 N–H and O–H groups in total. The maximum absolute atomic E-state index is 10.7. The van der Waals surface area contributed by atoms with Gasteiger partial charge in [0.25, 0.3) is 0 Å². The molecule has 2 aliphatic heterocycles. The van der Waals surface area contributed by atoms with E-state index in [2.05, 4.69) is 20.2 Å². The van der Waals surface area contributed by atoms with Gasteiger partial charge in [-0.05, 0) is 13.0 Å². The second kappa shape index (κ2) is 5.56. The van der Waals surface area contributed by atoms with Gasteiger partial charge in [-0.15, -0.1) is 0 Å². The first-order valence-corrected chi connectivity index (χ1v) is 7.79. The predicted octanol–water partition coefficient (Wildman–Crippen LogP) is 0.0357. The SMILES string of the molecule is C[C@@]1(O)[C@H](O)[C@@H](CO)O[C@H]1n1cc(C2C=CN=N2)c2c(N)ncnc21. The maximum Gasteiger partial charge on any atom is 0.167 e. The molecule has 0 bridgehead atoms. The van der Waals surface area contributed by atoms with Crippen molar-refractivity contribution in [3.63, 3.8) is 0 Å². The summed E-state index contributed by atoms with van der Waals surface area (Å²) in [7, 11) is 0. The van der Waals surface area contributed by atoms with Crippen LogP contribution in [-0.4, -0.2) is 54.3 Å². The minimum atomic E-state index is -1.64. The van der Waals surface area contributed by atoms with Crippen LogP contribution in [0.25, 0.3) is 11.0 Å². The van der Waals surface area contributed by atoms with Crippen molar-refractivity contribution in [2.45, 2.75) is 37.0 Å². The van der Waals surface area contributed by atoms with Gasteiger partial charge in [-0.1, -0.05) is 0 Å². The van der Waals surface area contributed by atoms with Crippen LogP contribution < -0.4 is 5.73 Å². The Morgan fingerprint density at radius 3 is 2.84 bits per heavy atom. The average molecular weight is 346 g/mol. The monoisotopic (exact) mass is 346 g/mol. The number of fused-ring (bicyclic) bond motifs is 1. The smallest absolute Gasteiger partial charge is 0.167 e. The van der Waals surface area contributed by atoms with E-state index in [1.54, 1.807) is 23.0 Å². The molecule has 1 saturated heterocycles. The molecule has 2 aromatic heterocycles. The summed E-state index contributed by atoms with van der Waals surface area (Å²) < 4.78 is 7.27. The third kappa shape index (κ3) is 2.26. The van der Waals surface area contributed by atoms with Crippen LogP contribution in [0.3, 0.4) is 0 Å². The predicted molar refractivity (Wildman–Crippen MR) is 86.3 cm³/mol. The van der Waals surface area contributed by atoms with Crippen LogP contribution in [0.4, 0.5) is 5.82 Å². The highest BCUT2D eigenvalue weighted by atomic mass is 16.6. The van der Waals surface area contributed by atoms with Gasteiger partial charge in [-0.3, -0.25) is 0 Å². The number of ether oxygens (including phenoxy) is 1. The second-order valence-electron chi connectivity index (χ2n) is 6.35. The Bertz CT molecular complexity index is 864. The Morgan fingerprint density at radius 2 is 2.20 bits per heavy atom. The lowest BCUT2D eigenvalue weighted by Crippen LogP contribution is -2.44. The molecule has 0 amide bonds. The molecule has 1 fully saturated rings. The minimum absolute atomic E-state index is 0.270. The van der Waals surface area contributed by atoms with Gasteiger partial charge in [-0.2, -0.15) is 10.2 Å². The quantitative estimate of drug-likeness (QED) is 0.612. The van der Waals surface area contributed by atoms with E-state index < -0.39 is 30.6 Å². The molecule has 1 unspecified atom stereocenters. The van der Waals surface area contributed by atoms with E-state index in [0.717, 1.165) is 0 Å². The first-order valence-electron chi connectivity index (χ1n) is 7.79. The molecule has 132 valence electrons. The molecule has 0 aromatic carbocycles. The lowest BCUT2D eigenvalue weighted by Gasteiger charge is -2.27. The van der Waals surface area contributed by atoms with Crippen LogP contribution in [0.5, 0.6) is 0 Å². The first-order chi connectivity index (χ1) is 11.9. The van der Waals surface area contributed by atoms with Gasteiger partial charge >= 0.3 is 0 Å². The molecular weight excluding hydrogens is 328 g/mol. The summed E-state index contributed by atoms with van der Waals surface area (Å²) in [5.41, 5.74) is 5.55. The minimum Gasteiger partial charge on any atom is -0.394 e. The number of rotatable bonds is 3. The topological polar surface area (TPSA) is 151 Å². The van der Waals surface area contributed by atoms with Gasteiger partial charge in [0.1, 0.15) is 41.6 Å². The number of nitrogen functional groups attached to an aromatic ring is 1. The fourth-order valence-electron chi connectivity index (χ4n) is 3.37. The Morgan fingerprint density at radius 1 is 1.40 bits per heavy atom. The molecule has 0 radical (unpaired) electrons. The number of anilines is 1. The molecular formula is C15H18N6O4. The summed E-state index contributed by atoms with van der Waals surface area (Å²) in [6, 6.07) is -0.345. The van der Waals surface area contributed by atoms with Crippen molar-refractivity contribution in [2.75, 3.05) is 12.3 Å². The molecule has 2 aliphatic rings. The summed E-state index contributed by atoms with van der Waals surface area (Å²) in [6.07, 6.45) is 3.27. The zero-order valence-electron chi connectivity index (χ0n) is 13.4. The number of hydrogen-bond acceptors (Lipinski definition) is 9. The Balaban J connectivity index is 1.90. The van der Waals surface area contributed by atoms with Crippen molar-refractivity contribution in [2.24, 2.45) is 10.2 Å². The van der Waals surface area contributed by atoms with Crippen LogP contribution >= 0.6 is 0 Å². The highest BCUT2D eigenvalue weighted by Crippen LogP contribution is 2.42. The summed E-state index contributed by atoms with van der Waals surface area (Å²) >= 11 is 0. The third-order valence-electron chi connectivity index (χ3n) is 4.70. The zero-order chi connectivity index (χ0) is 17.8. The van der Waals surface area contributed by atoms with Crippen LogP contribution in [0.1, 0.15) is 24.8 Å². The molecule has 4 heterocycles. The largest absolute Gasteiger partial charge is 0.394 e. The normalized spacial score (nSPS) is 34.4. The number of aliphatic hydroxyl groups excluding tert-OH is 2. The fourth-order valence-corrected chi connectivity index (χ4v) is 3.37. The van der Waals surface area contributed by atoms with Crippen molar-refractivity contribution in [1.82, 2.24) is 14.5 Å². The number of nitrogens with zero attached hydrogens (tertiary/aromatic N) is 5. The molecule has 0 spiro atoms. The van der Waals surface area contributed by atoms with Crippen molar-refractivity contribution in [3.05, 3.63) is 30.4 Å². The van der Waals surface area contributed by atoms with E-state index >= 15 is 0 Å². The van der Waals surface area contributed by atoms with E-state index in [4.69, 9.17) is 10.5 Å². The first kappa shape index (κ1) is 16.1.